The first kappa shape index (κ1) is 9.79. The SMILES string of the molecule is O=C(O)c1cc2c(O)c(Cl)c(F)cc2[nH]1. The molecule has 2 rings (SSSR count). The second-order valence-corrected chi connectivity index (χ2v) is 3.35. The van der Waals surface area contributed by atoms with Gasteiger partial charge >= 0.3 is 5.97 Å². The molecule has 0 fully saturated rings. The highest BCUT2D eigenvalue weighted by molar-refractivity contribution is 6.33. The van der Waals surface area contributed by atoms with Crippen molar-refractivity contribution >= 4 is 28.5 Å². The van der Waals surface area contributed by atoms with Gasteiger partial charge in [-0.3, -0.25) is 0 Å². The van der Waals surface area contributed by atoms with Crippen molar-refractivity contribution in [3.05, 3.63) is 28.7 Å². The van der Waals surface area contributed by atoms with Gasteiger partial charge in [0.05, 0.1) is 5.52 Å². The number of phenols is 1. The first-order valence-electron chi connectivity index (χ1n) is 3.93. The van der Waals surface area contributed by atoms with Crippen molar-refractivity contribution in [3.63, 3.8) is 0 Å². The molecule has 0 radical (unpaired) electrons. The number of fused-ring (bicyclic) bond motifs is 1. The summed E-state index contributed by atoms with van der Waals surface area (Å²) >= 11 is 5.46. The molecule has 1 aromatic heterocycles. The molecular weight excluding hydrogens is 225 g/mol. The van der Waals surface area contributed by atoms with Crippen LogP contribution in [-0.4, -0.2) is 21.2 Å². The van der Waals surface area contributed by atoms with Gasteiger partial charge in [-0.25, -0.2) is 9.18 Å². The lowest BCUT2D eigenvalue weighted by molar-refractivity contribution is 0.0691. The van der Waals surface area contributed by atoms with Crippen molar-refractivity contribution in [2.75, 3.05) is 0 Å². The van der Waals surface area contributed by atoms with Gasteiger partial charge in [0.25, 0.3) is 0 Å². The van der Waals surface area contributed by atoms with Gasteiger partial charge in [0.15, 0.2) is 0 Å². The van der Waals surface area contributed by atoms with E-state index < -0.39 is 22.6 Å². The summed E-state index contributed by atoms with van der Waals surface area (Å²) in [6.45, 7) is 0. The zero-order valence-corrected chi connectivity index (χ0v) is 7.97. The Bertz CT molecular complexity index is 564. The monoisotopic (exact) mass is 229 g/mol. The Balaban J connectivity index is 2.82. The zero-order chi connectivity index (χ0) is 11.2. The smallest absolute Gasteiger partial charge is 0.352 e. The average molecular weight is 230 g/mol. The van der Waals surface area contributed by atoms with Crippen LogP contribution in [0.25, 0.3) is 10.9 Å². The van der Waals surface area contributed by atoms with Crippen LogP contribution in [0.3, 0.4) is 0 Å². The molecule has 0 saturated carbocycles. The summed E-state index contributed by atoms with van der Waals surface area (Å²) in [7, 11) is 0. The maximum atomic E-state index is 13.1. The predicted octanol–water partition coefficient (Wildman–Crippen LogP) is 2.36. The molecular formula is C9H5ClFNO3. The first-order valence-corrected chi connectivity index (χ1v) is 4.31. The van der Waals surface area contributed by atoms with Crippen LogP contribution >= 0.6 is 11.6 Å². The number of aromatic carboxylic acids is 1. The molecule has 3 N–H and O–H groups in total. The minimum atomic E-state index is -1.19. The maximum Gasteiger partial charge on any atom is 0.352 e. The predicted molar refractivity (Wildman–Crippen MR) is 51.9 cm³/mol. The molecule has 0 aliphatic rings. The number of carboxylic acid groups (broad SMARTS) is 1. The van der Waals surface area contributed by atoms with Gasteiger partial charge in [-0.1, -0.05) is 11.6 Å². The Morgan fingerprint density at radius 3 is 2.73 bits per heavy atom. The fourth-order valence-corrected chi connectivity index (χ4v) is 1.47. The fourth-order valence-electron chi connectivity index (χ4n) is 1.32. The normalized spacial score (nSPS) is 10.8. The number of hydrogen-bond acceptors (Lipinski definition) is 2. The number of rotatable bonds is 1. The number of benzene rings is 1. The Labute approximate surface area is 87.9 Å². The van der Waals surface area contributed by atoms with Crippen molar-refractivity contribution < 1.29 is 19.4 Å². The number of carboxylic acids is 1. The molecule has 15 heavy (non-hydrogen) atoms. The van der Waals surface area contributed by atoms with Crippen LogP contribution in [0, 0.1) is 5.82 Å². The van der Waals surface area contributed by atoms with Crippen LogP contribution in [-0.2, 0) is 0 Å². The van der Waals surface area contributed by atoms with E-state index in [1.165, 1.54) is 6.07 Å². The summed E-state index contributed by atoms with van der Waals surface area (Å²) in [4.78, 5) is 13.1. The zero-order valence-electron chi connectivity index (χ0n) is 7.21. The van der Waals surface area contributed by atoms with E-state index in [1.807, 2.05) is 0 Å². The number of aromatic amines is 1. The van der Waals surface area contributed by atoms with E-state index in [4.69, 9.17) is 16.7 Å². The number of H-pyrrole nitrogens is 1. The van der Waals surface area contributed by atoms with Crippen molar-refractivity contribution in [3.8, 4) is 5.75 Å². The molecule has 4 nitrogen and oxygen atoms in total. The number of nitrogens with one attached hydrogen (secondary N) is 1. The summed E-state index contributed by atoms with van der Waals surface area (Å²) in [5.74, 6) is -2.46. The Kier molecular flexibility index (Phi) is 2.04. The second kappa shape index (κ2) is 3.13. The Morgan fingerprint density at radius 2 is 2.13 bits per heavy atom. The van der Waals surface area contributed by atoms with Crippen LogP contribution in [0.4, 0.5) is 4.39 Å². The minimum absolute atomic E-state index is 0.137. The summed E-state index contributed by atoms with van der Waals surface area (Å²) in [6, 6.07) is 2.22. The molecule has 6 heteroatoms. The topological polar surface area (TPSA) is 73.3 Å². The molecule has 0 saturated heterocycles. The summed E-state index contributed by atoms with van der Waals surface area (Å²) in [6.07, 6.45) is 0. The number of halogens is 2. The van der Waals surface area contributed by atoms with Crippen LogP contribution < -0.4 is 0 Å². The molecule has 0 spiro atoms. The van der Waals surface area contributed by atoms with Crippen LogP contribution in [0.5, 0.6) is 5.75 Å². The molecule has 2 aromatic rings. The lowest BCUT2D eigenvalue weighted by atomic mass is 10.2. The van der Waals surface area contributed by atoms with Gasteiger partial charge in [-0.2, -0.15) is 0 Å². The Hall–Kier alpha value is -1.75. The largest absolute Gasteiger partial charge is 0.506 e. The number of hydrogen-bond donors (Lipinski definition) is 3. The van der Waals surface area contributed by atoms with Crippen molar-refractivity contribution in [1.29, 1.82) is 0 Å². The molecule has 0 unspecified atom stereocenters. The first-order chi connectivity index (χ1) is 7.00. The van der Waals surface area contributed by atoms with E-state index in [0.29, 0.717) is 0 Å². The summed E-state index contributed by atoms with van der Waals surface area (Å²) in [5, 5.41) is 17.9. The number of aromatic nitrogens is 1. The number of phenolic OH excluding ortho intramolecular Hbond substituents is 1. The van der Waals surface area contributed by atoms with Gasteiger partial charge in [0, 0.05) is 5.39 Å². The lowest BCUT2D eigenvalue weighted by Gasteiger charge is -1.98. The van der Waals surface area contributed by atoms with E-state index in [9.17, 15) is 14.3 Å². The van der Waals surface area contributed by atoms with Crippen LogP contribution in [0.15, 0.2) is 12.1 Å². The van der Waals surface area contributed by atoms with E-state index in [-0.39, 0.29) is 16.6 Å². The van der Waals surface area contributed by atoms with Crippen molar-refractivity contribution in [2.45, 2.75) is 0 Å². The fraction of sp³-hybridized carbons (Fsp3) is 0. The molecule has 0 aliphatic carbocycles. The average Bonchev–Trinajstić information content (AvgIpc) is 2.58. The number of carbonyl (C=O) groups is 1. The van der Waals surface area contributed by atoms with Crippen molar-refractivity contribution in [2.24, 2.45) is 0 Å². The third-order valence-corrected chi connectivity index (χ3v) is 2.38. The summed E-state index contributed by atoms with van der Waals surface area (Å²) in [5.41, 5.74) is 0.0498. The van der Waals surface area contributed by atoms with E-state index in [0.717, 1.165) is 6.07 Å². The molecule has 1 heterocycles. The van der Waals surface area contributed by atoms with Crippen LogP contribution in [0.1, 0.15) is 10.5 Å². The quantitative estimate of drug-likeness (QED) is 0.703. The van der Waals surface area contributed by atoms with E-state index in [1.54, 1.807) is 0 Å². The lowest BCUT2D eigenvalue weighted by Crippen LogP contribution is -1.94. The molecule has 78 valence electrons. The molecule has 0 bridgehead atoms. The highest BCUT2D eigenvalue weighted by Gasteiger charge is 2.15. The highest BCUT2D eigenvalue weighted by atomic mass is 35.5. The molecule has 0 atom stereocenters. The number of aromatic hydroxyl groups is 1. The highest BCUT2D eigenvalue weighted by Crippen LogP contribution is 2.34. The van der Waals surface area contributed by atoms with Gasteiger partial charge in [-0.05, 0) is 12.1 Å². The molecule has 0 aliphatic heterocycles. The van der Waals surface area contributed by atoms with Gasteiger partial charge < -0.3 is 15.2 Å². The van der Waals surface area contributed by atoms with Crippen LogP contribution in [0.2, 0.25) is 5.02 Å². The molecule has 0 amide bonds. The van der Waals surface area contributed by atoms with Gasteiger partial charge in [-0.15, -0.1) is 0 Å². The Morgan fingerprint density at radius 1 is 1.47 bits per heavy atom. The third kappa shape index (κ3) is 1.41. The van der Waals surface area contributed by atoms with Gasteiger partial charge in [0.1, 0.15) is 22.3 Å². The third-order valence-electron chi connectivity index (χ3n) is 2.02. The van der Waals surface area contributed by atoms with E-state index >= 15 is 0 Å². The second-order valence-electron chi connectivity index (χ2n) is 2.97. The minimum Gasteiger partial charge on any atom is -0.506 e. The maximum absolute atomic E-state index is 13.1. The standard InChI is InChI=1S/C9H5ClFNO3/c10-7-4(11)2-5-3(8(7)13)1-6(12-5)9(14)15/h1-2,12-13H,(H,14,15). The van der Waals surface area contributed by atoms with E-state index in [2.05, 4.69) is 4.98 Å². The molecule has 1 aromatic carbocycles. The van der Waals surface area contributed by atoms with Crippen molar-refractivity contribution in [1.82, 2.24) is 4.98 Å². The van der Waals surface area contributed by atoms with Gasteiger partial charge in [0.2, 0.25) is 0 Å². The summed E-state index contributed by atoms with van der Waals surface area (Å²) < 4.78 is 13.1.